The van der Waals surface area contributed by atoms with Crippen LogP contribution in [0.2, 0.25) is 0 Å². The SMILES string of the molecule is CCC(C)(O)c1nc2nc(C)nc(N3CCOCC3)c2[nH]1. The maximum Gasteiger partial charge on any atom is 0.183 e. The number of fused-ring (bicyclic) bond motifs is 1. The van der Waals surface area contributed by atoms with Gasteiger partial charge in [-0.1, -0.05) is 6.92 Å². The van der Waals surface area contributed by atoms with Crippen molar-refractivity contribution in [1.29, 1.82) is 0 Å². The smallest absolute Gasteiger partial charge is 0.183 e. The molecule has 1 atom stereocenters. The largest absolute Gasteiger partial charge is 0.382 e. The molecule has 7 nitrogen and oxygen atoms in total. The lowest BCUT2D eigenvalue weighted by Gasteiger charge is -2.28. The van der Waals surface area contributed by atoms with Gasteiger partial charge in [0.25, 0.3) is 0 Å². The number of nitrogens with zero attached hydrogens (tertiary/aromatic N) is 4. The zero-order valence-corrected chi connectivity index (χ0v) is 12.7. The van der Waals surface area contributed by atoms with Gasteiger partial charge >= 0.3 is 0 Å². The molecule has 1 aliphatic rings. The van der Waals surface area contributed by atoms with Gasteiger partial charge in [-0.05, 0) is 20.3 Å². The van der Waals surface area contributed by atoms with Gasteiger partial charge in [0.05, 0.1) is 13.2 Å². The number of aryl methyl sites for hydroxylation is 1. The van der Waals surface area contributed by atoms with Crippen molar-refractivity contribution >= 4 is 17.0 Å². The molecule has 1 fully saturated rings. The summed E-state index contributed by atoms with van der Waals surface area (Å²) in [4.78, 5) is 18.8. The van der Waals surface area contributed by atoms with E-state index in [-0.39, 0.29) is 0 Å². The van der Waals surface area contributed by atoms with E-state index in [9.17, 15) is 5.11 Å². The fourth-order valence-corrected chi connectivity index (χ4v) is 2.41. The van der Waals surface area contributed by atoms with Gasteiger partial charge in [-0.3, -0.25) is 0 Å². The lowest BCUT2D eigenvalue weighted by molar-refractivity contribution is 0.0448. The minimum absolute atomic E-state index is 0.536. The summed E-state index contributed by atoms with van der Waals surface area (Å²) < 4.78 is 5.39. The summed E-state index contributed by atoms with van der Waals surface area (Å²) in [7, 11) is 0. The number of aromatic nitrogens is 4. The van der Waals surface area contributed by atoms with Crippen molar-refractivity contribution in [2.75, 3.05) is 31.2 Å². The van der Waals surface area contributed by atoms with Crippen LogP contribution in [0.3, 0.4) is 0 Å². The minimum atomic E-state index is -0.989. The molecular weight excluding hydrogens is 270 g/mol. The third-order valence-corrected chi connectivity index (χ3v) is 3.95. The molecule has 3 rings (SSSR count). The molecule has 0 radical (unpaired) electrons. The minimum Gasteiger partial charge on any atom is -0.382 e. The zero-order chi connectivity index (χ0) is 15.0. The van der Waals surface area contributed by atoms with Crippen LogP contribution in [0.15, 0.2) is 0 Å². The van der Waals surface area contributed by atoms with E-state index in [2.05, 4.69) is 24.8 Å². The van der Waals surface area contributed by atoms with Crippen LogP contribution in [0, 0.1) is 6.92 Å². The van der Waals surface area contributed by atoms with E-state index in [0.29, 0.717) is 36.9 Å². The highest BCUT2D eigenvalue weighted by Gasteiger charge is 2.27. The summed E-state index contributed by atoms with van der Waals surface area (Å²) in [6.45, 7) is 8.51. The lowest BCUT2D eigenvalue weighted by atomic mass is 10.0. The summed E-state index contributed by atoms with van der Waals surface area (Å²) in [5, 5.41) is 10.4. The fourth-order valence-electron chi connectivity index (χ4n) is 2.41. The molecule has 1 saturated heterocycles. The monoisotopic (exact) mass is 291 g/mol. The van der Waals surface area contributed by atoms with Crippen LogP contribution in [-0.4, -0.2) is 51.3 Å². The Morgan fingerprint density at radius 3 is 2.67 bits per heavy atom. The topological polar surface area (TPSA) is 87.2 Å². The highest BCUT2D eigenvalue weighted by molar-refractivity contribution is 5.83. The molecule has 7 heteroatoms. The first-order valence-corrected chi connectivity index (χ1v) is 7.31. The number of H-pyrrole nitrogens is 1. The van der Waals surface area contributed by atoms with Crippen LogP contribution in [0.25, 0.3) is 11.2 Å². The molecule has 2 aromatic rings. The molecule has 0 aromatic carbocycles. The molecule has 1 aliphatic heterocycles. The van der Waals surface area contributed by atoms with Crippen LogP contribution in [-0.2, 0) is 10.3 Å². The van der Waals surface area contributed by atoms with Gasteiger partial charge in [-0.15, -0.1) is 0 Å². The zero-order valence-electron chi connectivity index (χ0n) is 12.7. The Hall–Kier alpha value is -1.73. The van der Waals surface area contributed by atoms with Gasteiger partial charge in [0.15, 0.2) is 11.5 Å². The van der Waals surface area contributed by atoms with E-state index in [1.807, 2.05) is 13.8 Å². The van der Waals surface area contributed by atoms with Gasteiger partial charge in [-0.2, -0.15) is 0 Å². The molecule has 1 unspecified atom stereocenters. The van der Waals surface area contributed by atoms with Crippen molar-refractivity contribution in [3.8, 4) is 0 Å². The van der Waals surface area contributed by atoms with E-state index >= 15 is 0 Å². The van der Waals surface area contributed by atoms with E-state index in [1.54, 1.807) is 6.92 Å². The third kappa shape index (κ3) is 2.58. The van der Waals surface area contributed by atoms with Crippen molar-refractivity contribution in [3.63, 3.8) is 0 Å². The maximum absolute atomic E-state index is 10.4. The van der Waals surface area contributed by atoms with Gasteiger partial charge < -0.3 is 19.7 Å². The number of hydrogen-bond donors (Lipinski definition) is 2. The standard InChI is InChI=1S/C14H21N5O2/c1-4-14(3,20)13-17-10-11(18-13)15-9(2)16-12(10)19-5-7-21-8-6-19/h20H,4-8H2,1-3H3,(H,15,16,17,18). The summed E-state index contributed by atoms with van der Waals surface area (Å²) >= 11 is 0. The van der Waals surface area contributed by atoms with Crippen molar-refractivity contribution in [1.82, 2.24) is 19.9 Å². The molecule has 2 N–H and O–H groups in total. The number of anilines is 1. The van der Waals surface area contributed by atoms with Gasteiger partial charge in [-0.25, -0.2) is 15.0 Å². The predicted molar refractivity (Wildman–Crippen MR) is 79.3 cm³/mol. The van der Waals surface area contributed by atoms with Gasteiger partial charge in [0, 0.05) is 13.1 Å². The number of morpholine rings is 1. The van der Waals surface area contributed by atoms with E-state index in [0.717, 1.165) is 24.4 Å². The molecule has 0 amide bonds. The van der Waals surface area contributed by atoms with Crippen LogP contribution >= 0.6 is 0 Å². The molecule has 0 spiro atoms. The van der Waals surface area contributed by atoms with E-state index in [1.165, 1.54) is 0 Å². The second kappa shape index (κ2) is 5.23. The Labute approximate surface area is 123 Å². The summed E-state index contributed by atoms with van der Waals surface area (Å²) in [5.74, 6) is 2.05. The number of hydrogen-bond acceptors (Lipinski definition) is 6. The Balaban J connectivity index is 2.11. The van der Waals surface area contributed by atoms with E-state index < -0.39 is 5.60 Å². The molecule has 21 heavy (non-hydrogen) atoms. The molecule has 2 aromatic heterocycles. The number of nitrogens with one attached hydrogen (secondary N) is 1. The Kier molecular flexibility index (Phi) is 3.54. The quantitative estimate of drug-likeness (QED) is 0.881. The first-order valence-electron chi connectivity index (χ1n) is 7.31. The van der Waals surface area contributed by atoms with Crippen molar-refractivity contribution in [3.05, 3.63) is 11.6 Å². The number of aromatic amines is 1. The average molecular weight is 291 g/mol. The van der Waals surface area contributed by atoms with Gasteiger partial charge in [0.2, 0.25) is 0 Å². The second-order valence-corrected chi connectivity index (χ2v) is 5.61. The highest BCUT2D eigenvalue weighted by atomic mass is 16.5. The summed E-state index contributed by atoms with van der Waals surface area (Å²) in [6.07, 6.45) is 0.576. The first-order chi connectivity index (χ1) is 10.0. The molecule has 0 aliphatic carbocycles. The van der Waals surface area contributed by atoms with Crippen LogP contribution < -0.4 is 4.90 Å². The molecule has 0 bridgehead atoms. The molecule has 114 valence electrons. The second-order valence-electron chi connectivity index (χ2n) is 5.61. The lowest BCUT2D eigenvalue weighted by Crippen LogP contribution is -2.37. The van der Waals surface area contributed by atoms with Crippen LogP contribution in [0.1, 0.15) is 31.9 Å². The normalized spacial score (nSPS) is 19.0. The van der Waals surface area contributed by atoms with Crippen molar-refractivity contribution < 1.29 is 9.84 Å². The Bertz CT molecular complexity index is 646. The number of imidazole rings is 1. The van der Waals surface area contributed by atoms with Crippen LogP contribution in [0.4, 0.5) is 5.82 Å². The highest BCUT2D eigenvalue weighted by Crippen LogP contribution is 2.28. The number of rotatable bonds is 3. The average Bonchev–Trinajstić information content (AvgIpc) is 2.92. The maximum atomic E-state index is 10.4. The number of aliphatic hydroxyl groups is 1. The van der Waals surface area contributed by atoms with Crippen molar-refractivity contribution in [2.45, 2.75) is 32.8 Å². The summed E-state index contributed by atoms with van der Waals surface area (Å²) in [6, 6.07) is 0. The van der Waals surface area contributed by atoms with E-state index in [4.69, 9.17) is 4.74 Å². The molecular formula is C14H21N5O2. The summed E-state index contributed by atoms with van der Waals surface area (Å²) in [5.41, 5.74) is 0.399. The third-order valence-electron chi connectivity index (χ3n) is 3.95. The molecule has 3 heterocycles. The first kappa shape index (κ1) is 14.2. The predicted octanol–water partition coefficient (Wildman–Crippen LogP) is 1.12. The Morgan fingerprint density at radius 1 is 1.29 bits per heavy atom. The van der Waals surface area contributed by atoms with Gasteiger partial charge in [0.1, 0.15) is 22.8 Å². The Morgan fingerprint density at radius 2 is 2.00 bits per heavy atom. The molecule has 0 saturated carbocycles. The van der Waals surface area contributed by atoms with Crippen LogP contribution in [0.5, 0.6) is 0 Å². The van der Waals surface area contributed by atoms with Crippen molar-refractivity contribution in [2.24, 2.45) is 0 Å². The fraction of sp³-hybridized carbons (Fsp3) is 0.643. The number of ether oxygens (including phenoxy) is 1.